The van der Waals surface area contributed by atoms with E-state index in [2.05, 4.69) is 10.4 Å². The second kappa shape index (κ2) is 6.23. The molecule has 3 rings (SSSR count). The van der Waals surface area contributed by atoms with Crippen LogP contribution in [0.1, 0.15) is 24.2 Å². The van der Waals surface area contributed by atoms with Gasteiger partial charge in [-0.25, -0.2) is 0 Å². The second-order valence-electron chi connectivity index (χ2n) is 5.87. The van der Waals surface area contributed by atoms with E-state index >= 15 is 0 Å². The van der Waals surface area contributed by atoms with Crippen LogP contribution in [0.25, 0.3) is 10.9 Å². The standard InChI is InChI=1S/C18H20N4O2/c1-11(2)24-18-14-10-12(8-9-16(14)22(3)21-18)20-17(23)13-6-4-5-7-15(13)19/h4-11H,19H2,1-3H3,(H,20,23). The number of carbonyl (C=O) groups excluding carboxylic acids is 1. The van der Waals surface area contributed by atoms with Gasteiger partial charge in [0.25, 0.3) is 5.91 Å². The molecule has 0 fully saturated rings. The smallest absolute Gasteiger partial charge is 0.257 e. The zero-order valence-electron chi connectivity index (χ0n) is 13.9. The Labute approximate surface area is 140 Å². The maximum Gasteiger partial charge on any atom is 0.257 e. The van der Waals surface area contributed by atoms with Crippen molar-refractivity contribution >= 4 is 28.2 Å². The molecule has 0 saturated heterocycles. The van der Waals surface area contributed by atoms with Crippen molar-refractivity contribution in [1.82, 2.24) is 9.78 Å². The first-order valence-corrected chi connectivity index (χ1v) is 7.75. The number of hydrogen-bond donors (Lipinski definition) is 2. The average molecular weight is 324 g/mol. The molecule has 0 saturated carbocycles. The van der Waals surface area contributed by atoms with Crippen LogP contribution < -0.4 is 15.8 Å². The Balaban J connectivity index is 1.93. The summed E-state index contributed by atoms with van der Waals surface area (Å²) < 4.78 is 7.51. The van der Waals surface area contributed by atoms with Crippen LogP contribution in [-0.4, -0.2) is 21.8 Å². The SMILES string of the molecule is CC(C)Oc1nn(C)c2ccc(NC(=O)c3ccccc3N)cc12. The summed E-state index contributed by atoms with van der Waals surface area (Å²) in [6.07, 6.45) is 0.0189. The molecule has 3 N–H and O–H groups in total. The van der Waals surface area contributed by atoms with Gasteiger partial charge in [-0.2, -0.15) is 0 Å². The van der Waals surface area contributed by atoms with Crippen LogP contribution in [0.15, 0.2) is 42.5 Å². The fraction of sp³-hybridized carbons (Fsp3) is 0.222. The lowest BCUT2D eigenvalue weighted by Crippen LogP contribution is -2.13. The van der Waals surface area contributed by atoms with Crippen LogP contribution in [0, 0.1) is 0 Å². The van der Waals surface area contributed by atoms with Crippen molar-refractivity contribution in [2.75, 3.05) is 11.1 Å². The van der Waals surface area contributed by atoms with Crippen molar-refractivity contribution in [3.05, 3.63) is 48.0 Å². The molecule has 0 unspecified atom stereocenters. The van der Waals surface area contributed by atoms with E-state index in [-0.39, 0.29) is 12.0 Å². The van der Waals surface area contributed by atoms with Gasteiger partial charge >= 0.3 is 0 Å². The lowest BCUT2D eigenvalue weighted by molar-refractivity contribution is 0.102. The Kier molecular flexibility index (Phi) is 4.12. The van der Waals surface area contributed by atoms with E-state index in [0.29, 0.717) is 22.8 Å². The number of nitrogens with zero attached hydrogens (tertiary/aromatic N) is 2. The first-order valence-electron chi connectivity index (χ1n) is 7.75. The number of carbonyl (C=O) groups is 1. The number of nitrogens with two attached hydrogens (primary N) is 1. The fourth-order valence-electron chi connectivity index (χ4n) is 2.52. The number of amides is 1. The molecule has 1 heterocycles. The van der Waals surface area contributed by atoms with Crippen LogP contribution in [-0.2, 0) is 7.05 Å². The number of hydrogen-bond acceptors (Lipinski definition) is 4. The van der Waals surface area contributed by atoms with E-state index in [1.54, 1.807) is 28.9 Å². The van der Waals surface area contributed by atoms with Crippen LogP contribution in [0.5, 0.6) is 5.88 Å². The van der Waals surface area contributed by atoms with E-state index in [9.17, 15) is 4.79 Å². The molecule has 2 aromatic carbocycles. The maximum atomic E-state index is 12.4. The molecule has 6 heteroatoms. The van der Waals surface area contributed by atoms with Crippen molar-refractivity contribution in [2.45, 2.75) is 20.0 Å². The van der Waals surface area contributed by atoms with E-state index in [4.69, 9.17) is 10.5 Å². The summed E-state index contributed by atoms with van der Waals surface area (Å²) in [4.78, 5) is 12.4. The average Bonchev–Trinajstić information content (AvgIpc) is 2.82. The summed E-state index contributed by atoms with van der Waals surface area (Å²) in [5, 5.41) is 8.11. The van der Waals surface area contributed by atoms with Crippen molar-refractivity contribution in [3.8, 4) is 5.88 Å². The van der Waals surface area contributed by atoms with Crippen molar-refractivity contribution < 1.29 is 9.53 Å². The number of anilines is 2. The van der Waals surface area contributed by atoms with Crippen LogP contribution in [0.2, 0.25) is 0 Å². The molecular weight excluding hydrogens is 304 g/mol. The van der Waals surface area contributed by atoms with Crippen molar-refractivity contribution in [1.29, 1.82) is 0 Å². The zero-order valence-corrected chi connectivity index (χ0v) is 13.9. The summed E-state index contributed by atoms with van der Waals surface area (Å²) in [5.41, 5.74) is 8.34. The quantitative estimate of drug-likeness (QED) is 0.722. The monoisotopic (exact) mass is 324 g/mol. The number of benzene rings is 2. The molecule has 0 atom stereocenters. The molecule has 0 spiro atoms. The Hall–Kier alpha value is -3.02. The number of fused-ring (bicyclic) bond motifs is 1. The van der Waals surface area contributed by atoms with Crippen molar-refractivity contribution in [2.24, 2.45) is 7.05 Å². The third-order valence-corrected chi connectivity index (χ3v) is 3.63. The topological polar surface area (TPSA) is 82.2 Å². The summed E-state index contributed by atoms with van der Waals surface area (Å²) in [6.45, 7) is 3.90. The number of nitrogen functional groups attached to an aromatic ring is 1. The van der Waals surface area contributed by atoms with Gasteiger partial charge in [0, 0.05) is 18.4 Å². The normalized spacial score (nSPS) is 11.0. The van der Waals surface area contributed by atoms with Gasteiger partial charge in [0.2, 0.25) is 5.88 Å². The fourth-order valence-corrected chi connectivity index (χ4v) is 2.52. The van der Waals surface area contributed by atoms with Crippen molar-refractivity contribution in [3.63, 3.8) is 0 Å². The highest BCUT2D eigenvalue weighted by Gasteiger charge is 2.14. The zero-order chi connectivity index (χ0) is 17.3. The first-order chi connectivity index (χ1) is 11.5. The molecule has 0 aliphatic heterocycles. The second-order valence-corrected chi connectivity index (χ2v) is 5.87. The highest BCUT2D eigenvalue weighted by atomic mass is 16.5. The maximum absolute atomic E-state index is 12.4. The largest absolute Gasteiger partial charge is 0.473 e. The Morgan fingerprint density at radius 1 is 1.25 bits per heavy atom. The molecule has 0 radical (unpaired) electrons. The summed E-state index contributed by atoms with van der Waals surface area (Å²) in [5.74, 6) is 0.306. The van der Waals surface area contributed by atoms with Gasteiger partial charge < -0.3 is 15.8 Å². The van der Waals surface area contributed by atoms with E-state index < -0.39 is 0 Å². The van der Waals surface area contributed by atoms with Gasteiger partial charge in [-0.3, -0.25) is 9.48 Å². The first kappa shape index (κ1) is 15.9. The predicted octanol–water partition coefficient (Wildman–Crippen LogP) is 3.20. The van der Waals surface area contributed by atoms with Crippen LogP contribution >= 0.6 is 0 Å². The van der Waals surface area contributed by atoms with Gasteiger partial charge in [-0.05, 0) is 44.2 Å². The molecule has 124 valence electrons. The number of para-hydroxylation sites is 1. The molecular formula is C18H20N4O2. The number of nitrogens with one attached hydrogen (secondary N) is 1. The van der Waals surface area contributed by atoms with Gasteiger partial charge in [0.15, 0.2) is 0 Å². The third kappa shape index (κ3) is 3.03. The highest BCUT2D eigenvalue weighted by molar-refractivity contribution is 6.08. The van der Waals surface area contributed by atoms with Crippen LogP contribution in [0.3, 0.4) is 0 Å². The minimum atomic E-state index is -0.248. The Bertz CT molecular complexity index is 899. The number of rotatable bonds is 4. The molecule has 6 nitrogen and oxygen atoms in total. The molecule has 3 aromatic rings. The van der Waals surface area contributed by atoms with Crippen LogP contribution in [0.4, 0.5) is 11.4 Å². The summed E-state index contributed by atoms with van der Waals surface area (Å²) in [6, 6.07) is 12.6. The number of aryl methyl sites for hydroxylation is 1. The summed E-state index contributed by atoms with van der Waals surface area (Å²) in [7, 11) is 1.86. The molecule has 0 aliphatic carbocycles. The highest BCUT2D eigenvalue weighted by Crippen LogP contribution is 2.28. The van der Waals surface area contributed by atoms with Gasteiger partial charge in [-0.15, -0.1) is 5.10 Å². The lowest BCUT2D eigenvalue weighted by atomic mass is 10.1. The molecule has 24 heavy (non-hydrogen) atoms. The van der Waals surface area contributed by atoms with Gasteiger partial charge in [0.05, 0.1) is 22.6 Å². The lowest BCUT2D eigenvalue weighted by Gasteiger charge is -2.09. The van der Waals surface area contributed by atoms with Gasteiger partial charge in [-0.1, -0.05) is 12.1 Å². The molecule has 0 bridgehead atoms. The molecule has 0 aliphatic rings. The molecule has 1 amide bonds. The molecule has 1 aromatic heterocycles. The minimum Gasteiger partial charge on any atom is -0.473 e. The Morgan fingerprint density at radius 2 is 2.00 bits per heavy atom. The minimum absolute atomic E-state index is 0.0189. The van der Waals surface area contributed by atoms with E-state index in [1.165, 1.54) is 0 Å². The summed E-state index contributed by atoms with van der Waals surface area (Å²) >= 11 is 0. The number of aromatic nitrogens is 2. The van der Waals surface area contributed by atoms with Gasteiger partial charge in [0.1, 0.15) is 0 Å². The van der Waals surface area contributed by atoms with E-state index in [1.807, 2.05) is 39.1 Å². The Morgan fingerprint density at radius 3 is 2.71 bits per heavy atom. The number of ether oxygens (including phenoxy) is 1. The predicted molar refractivity (Wildman–Crippen MR) is 95.3 cm³/mol. The third-order valence-electron chi connectivity index (χ3n) is 3.63. The van der Waals surface area contributed by atoms with E-state index in [0.717, 1.165) is 10.9 Å².